The molecule has 0 atom stereocenters. The van der Waals surface area contributed by atoms with Gasteiger partial charge in [0.05, 0.1) is 31.2 Å². The lowest BCUT2D eigenvalue weighted by atomic mass is 10.2. The highest BCUT2D eigenvalue weighted by Gasteiger charge is 2.19. The van der Waals surface area contributed by atoms with Crippen molar-refractivity contribution in [3.63, 3.8) is 0 Å². The lowest BCUT2D eigenvalue weighted by Crippen LogP contribution is -2.41. The van der Waals surface area contributed by atoms with Crippen molar-refractivity contribution in [2.45, 2.75) is 43.4 Å². The van der Waals surface area contributed by atoms with E-state index in [4.69, 9.17) is 9.47 Å². The maximum absolute atomic E-state index is 11.9. The van der Waals surface area contributed by atoms with Crippen LogP contribution in [0.4, 0.5) is 5.69 Å². The second-order valence-electron chi connectivity index (χ2n) is 8.09. The van der Waals surface area contributed by atoms with E-state index in [0.717, 1.165) is 69.2 Å². The van der Waals surface area contributed by atoms with Crippen LogP contribution in [0.1, 0.15) is 38.5 Å². The number of aromatic nitrogens is 2. The molecule has 1 aromatic carbocycles. The number of fused-ring (bicyclic) bond motifs is 1. The Labute approximate surface area is 207 Å². The fourth-order valence-electron chi connectivity index (χ4n) is 3.57. The molecule has 35 heavy (non-hydrogen) atoms. The van der Waals surface area contributed by atoms with Gasteiger partial charge in [-0.25, -0.2) is 4.63 Å². The van der Waals surface area contributed by atoms with Crippen LogP contribution in [0.2, 0.25) is 0 Å². The second-order valence-corrected chi connectivity index (χ2v) is 9.23. The van der Waals surface area contributed by atoms with Crippen LogP contribution in [-0.4, -0.2) is 83.8 Å². The van der Waals surface area contributed by atoms with Crippen LogP contribution < -0.4 is 5.32 Å². The summed E-state index contributed by atoms with van der Waals surface area (Å²) >= 11 is 1.55. The largest absolute Gasteiger partial charge is 0.466 e. The maximum atomic E-state index is 11.9. The number of nitrogens with one attached hydrogen (secondary N) is 1. The number of morpholine rings is 1. The highest BCUT2D eigenvalue weighted by Crippen LogP contribution is 2.32. The minimum atomic E-state index is -0.504. The van der Waals surface area contributed by atoms with Crippen LogP contribution in [0.15, 0.2) is 21.7 Å². The summed E-state index contributed by atoms with van der Waals surface area (Å²) < 4.78 is 15.2. The molecule has 0 bridgehead atoms. The number of thioether (sulfide) groups is 1. The Morgan fingerprint density at radius 1 is 1.11 bits per heavy atom. The predicted octanol–water partition coefficient (Wildman–Crippen LogP) is 2.56. The number of esters is 1. The molecule has 1 fully saturated rings. The lowest BCUT2D eigenvalue weighted by Gasteiger charge is -2.26. The first-order valence-corrected chi connectivity index (χ1v) is 12.8. The molecular weight excluding hydrogens is 478 g/mol. The SMILES string of the molecule is O=C(CCC(=O)OCCCCCCSc1ccc([N+](=O)[O-])c2nonc12)NCCN1CCOCC1. The number of nitro benzene ring substituents is 1. The van der Waals surface area contributed by atoms with Gasteiger partial charge in [-0.1, -0.05) is 12.8 Å². The Kier molecular flexibility index (Phi) is 11.2. The summed E-state index contributed by atoms with van der Waals surface area (Å²) in [7, 11) is 0. The Balaban J connectivity index is 1.18. The number of ether oxygens (including phenoxy) is 2. The first-order chi connectivity index (χ1) is 17.0. The van der Waals surface area contributed by atoms with E-state index in [1.54, 1.807) is 17.8 Å². The van der Waals surface area contributed by atoms with E-state index < -0.39 is 4.92 Å². The molecule has 2 aromatic rings. The topological polar surface area (TPSA) is 150 Å². The van der Waals surface area contributed by atoms with Gasteiger partial charge in [0.15, 0.2) is 5.52 Å². The molecule has 1 aliphatic rings. The smallest absolute Gasteiger partial charge is 0.306 e. The Hall–Kier alpha value is -2.77. The quantitative estimate of drug-likeness (QED) is 0.124. The summed E-state index contributed by atoms with van der Waals surface area (Å²) in [6.45, 7) is 4.91. The van der Waals surface area contributed by atoms with Gasteiger partial charge >= 0.3 is 11.7 Å². The molecule has 1 saturated heterocycles. The van der Waals surface area contributed by atoms with E-state index in [1.165, 1.54) is 6.07 Å². The molecule has 1 N–H and O–H groups in total. The van der Waals surface area contributed by atoms with Gasteiger partial charge in [-0.3, -0.25) is 24.6 Å². The number of nitro groups is 1. The van der Waals surface area contributed by atoms with Gasteiger partial charge in [0.2, 0.25) is 11.4 Å². The van der Waals surface area contributed by atoms with Crippen molar-refractivity contribution in [2.24, 2.45) is 0 Å². The first kappa shape index (κ1) is 26.8. The van der Waals surface area contributed by atoms with E-state index in [-0.39, 0.29) is 35.9 Å². The zero-order valence-electron chi connectivity index (χ0n) is 19.6. The van der Waals surface area contributed by atoms with Crippen molar-refractivity contribution in [3.05, 3.63) is 22.2 Å². The molecule has 0 aliphatic carbocycles. The Bertz CT molecular complexity index is 980. The molecule has 13 heteroatoms. The monoisotopic (exact) mass is 509 g/mol. The van der Waals surface area contributed by atoms with Gasteiger partial charge in [-0.05, 0) is 35.0 Å². The van der Waals surface area contributed by atoms with Crippen LogP contribution in [0, 0.1) is 10.1 Å². The standard InChI is InChI=1S/C22H31N5O7S/c28-19(23-9-10-26-11-14-32-15-12-26)7-8-20(29)33-13-3-1-2-4-16-35-18-6-5-17(27(30)31)21-22(18)25-34-24-21/h5-6H,1-4,7-16H2,(H,23,28). The number of unbranched alkanes of at least 4 members (excludes halogenated alkanes) is 3. The third kappa shape index (κ3) is 9.07. The average molecular weight is 510 g/mol. The van der Waals surface area contributed by atoms with Gasteiger partial charge in [0, 0.05) is 43.6 Å². The molecule has 192 valence electrons. The lowest BCUT2D eigenvalue weighted by molar-refractivity contribution is -0.383. The van der Waals surface area contributed by atoms with Gasteiger partial charge < -0.3 is 14.8 Å². The van der Waals surface area contributed by atoms with E-state index in [9.17, 15) is 19.7 Å². The minimum absolute atomic E-state index is 0.0840. The zero-order chi connectivity index (χ0) is 24.9. The van der Waals surface area contributed by atoms with Gasteiger partial charge in [-0.15, -0.1) is 11.8 Å². The molecule has 0 radical (unpaired) electrons. The summed E-state index contributed by atoms with van der Waals surface area (Å²) in [5.74, 6) is 0.326. The molecule has 0 spiro atoms. The number of carbonyl (C=O) groups is 2. The third-order valence-corrected chi connectivity index (χ3v) is 6.66. The van der Waals surface area contributed by atoms with Crippen LogP contribution in [0.3, 0.4) is 0 Å². The van der Waals surface area contributed by atoms with E-state index >= 15 is 0 Å². The molecular formula is C22H31N5O7S. The molecule has 12 nitrogen and oxygen atoms in total. The molecule has 1 aromatic heterocycles. The second kappa shape index (κ2) is 14.6. The van der Waals surface area contributed by atoms with Crippen molar-refractivity contribution in [3.8, 4) is 0 Å². The number of nitrogens with zero attached hydrogens (tertiary/aromatic N) is 4. The third-order valence-electron chi connectivity index (χ3n) is 5.52. The van der Waals surface area contributed by atoms with E-state index in [0.29, 0.717) is 18.7 Å². The fourth-order valence-corrected chi connectivity index (χ4v) is 4.58. The average Bonchev–Trinajstić information content (AvgIpc) is 3.35. The van der Waals surface area contributed by atoms with E-state index in [2.05, 4.69) is 25.2 Å². The number of hydrogen-bond acceptors (Lipinski definition) is 11. The Morgan fingerprint density at radius 3 is 2.69 bits per heavy atom. The van der Waals surface area contributed by atoms with Crippen LogP contribution in [-0.2, 0) is 19.1 Å². The molecule has 1 amide bonds. The number of rotatable bonds is 15. The van der Waals surface area contributed by atoms with Crippen molar-refractivity contribution in [1.82, 2.24) is 20.5 Å². The molecule has 0 saturated carbocycles. The molecule has 0 unspecified atom stereocenters. The van der Waals surface area contributed by atoms with Gasteiger partial charge in [-0.2, -0.15) is 0 Å². The predicted molar refractivity (Wildman–Crippen MR) is 128 cm³/mol. The van der Waals surface area contributed by atoms with Crippen LogP contribution in [0.5, 0.6) is 0 Å². The van der Waals surface area contributed by atoms with Gasteiger partial charge in [0.25, 0.3) is 0 Å². The maximum Gasteiger partial charge on any atom is 0.306 e. The van der Waals surface area contributed by atoms with Crippen LogP contribution >= 0.6 is 11.8 Å². The molecule has 3 rings (SSSR count). The van der Waals surface area contributed by atoms with Gasteiger partial charge in [0.1, 0.15) is 0 Å². The van der Waals surface area contributed by atoms with Crippen molar-refractivity contribution in [2.75, 3.05) is 51.8 Å². The number of hydrogen-bond donors (Lipinski definition) is 1. The summed E-state index contributed by atoms with van der Waals surface area (Å²) in [6, 6.07) is 3.08. The normalized spacial score (nSPS) is 14.2. The number of non-ortho nitro benzene ring substituents is 1. The summed E-state index contributed by atoms with van der Waals surface area (Å²) in [4.78, 5) is 37.3. The highest BCUT2D eigenvalue weighted by atomic mass is 32.2. The summed E-state index contributed by atoms with van der Waals surface area (Å²) in [6.07, 6.45) is 3.79. The summed E-state index contributed by atoms with van der Waals surface area (Å²) in [5.41, 5.74) is 0.443. The van der Waals surface area contributed by atoms with Crippen molar-refractivity contribution >= 4 is 40.4 Å². The number of benzene rings is 1. The first-order valence-electron chi connectivity index (χ1n) is 11.8. The van der Waals surface area contributed by atoms with Crippen molar-refractivity contribution in [1.29, 1.82) is 0 Å². The molecule has 2 heterocycles. The van der Waals surface area contributed by atoms with E-state index in [1.807, 2.05) is 0 Å². The number of amides is 1. The van der Waals surface area contributed by atoms with Crippen molar-refractivity contribution < 1.29 is 28.6 Å². The Morgan fingerprint density at radius 2 is 1.89 bits per heavy atom. The summed E-state index contributed by atoms with van der Waals surface area (Å²) in [5, 5.41) is 21.3. The zero-order valence-corrected chi connectivity index (χ0v) is 20.4. The minimum Gasteiger partial charge on any atom is -0.466 e. The molecule has 1 aliphatic heterocycles. The highest BCUT2D eigenvalue weighted by molar-refractivity contribution is 7.99. The fraction of sp³-hybridized carbons (Fsp3) is 0.636. The van der Waals surface area contributed by atoms with Crippen LogP contribution in [0.25, 0.3) is 11.0 Å². The number of carbonyl (C=O) groups excluding carboxylic acids is 2.